The molecule has 4 saturated carbocycles. The van der Waals surface area contributed by atoms with Crippen LogP contribution in [0.5, 0.6) is 0 Å². The molecule has 0 saturated heterocycles. The van der Waals surface area contributed by atoms with Gasteiger partial charge in [0.1, 0.15) is 0 Å². The zero-order valence-electron chi connectivity index (χ0n) is 14.1. The van der Waals surface area contributed by atoms with Gasteiger partial charge in [0.25, 0.3) is 5.91 Å². The number of amides is 1. The molecule has 0 aromatic heterocycles. The zero-order chi connectivity index (χ0) is 18.4. The molecule has 26 heavy (non-hydrogen) atoms. The molecular weight excluding hydrogens is 397 g/mol. The number of benzene rings is 1. The second-order valence-electron chi connectivity index (χ2n) is 7.86. The molecule has 4 fully saturated rings. The Labute approximate surface area is 167 Å². The first-order valence-electron chi connectivity index (χ1n) is 9.01. The van der Waals surface area contributed by atoms with Gasteiger partial charge in [-0.1, -0.05) is 34.8 Å². The molecule has 1 amide bonds. The number of rotatable bonds is 4. The summed E-state index contributed by atoms with van der Waals surface area (Å²) in [5.41, 5.74) is 0.272. The van der Waals surface area contributed by atoms with Gasteiger partial charge in [-0.05, 0) is 67.9 Å². The van der Waals surface area contributed by atoms with Gasteiger partial charge in [0.15, 0.2) is 6.61 Å². The summed E-state index contributed by atoms with van der Waals surface area (Å²) in [4.78, 5) is 24.8. The van der Waals surface area contributed by atoms with E-state index in [0.29, 0.717) is 16.9 Å². The minimum Gasteiger partial charge on any atom is -0.455 e. The number of hydrogen-bond donors (Lipinski definition) is 1. The highest BCUT2D eigenvalue weighted by Crippen LogP contribution is 2.56. The minimum atomic E-state index is -0.465. The second kappa shape index (κ2) is 7.21. The Kier molecular flexibility index (Phi) is 5.10. The molecule has 1 N–H and O–H groups in total. The van der Waals surface area contributed by atoms with Gasteiger partial charge >= 0.3 is 5.97 Å². The van der Waals surface area contributed by atoms with E-state index in [1.165, 1.54) is 18.6 Å². The Morgan fingerprint density at radius 2 is 1.50 bits per heavy atom. The van der Waals surface area contributed by atoms with Crippen molar-refractivity contribution in [3.63, 3.8) is 0 Å². The number of esters is 1. The Bertz CT molecular complexity index is 701. The summed E-state index contributed by atoms with van der Waals surface area (Å²) in [5, 5.41) is 3.45. The van der Waals surface area contributed by atoms with Crippen molar-refractivity contribution in [3.8, 4) is 0 Å². The SMILES string of the molecule is O=C(COC(=O)C1C2CC3CC(C2)CC1C3)Nc1c(Cl)cc(Cl)cc1Cl. The Morgan fingerprint density at radius 1 is 0.962 bits per heavy atom. The fourth-order valence-corrected chi connectivity index (χ4v) is 6.29. The number of carbonyl (C=O) groups excluding carboxylic acids is 2. The van der Waals surface area contributed by atoms with Crippen LogP contribution in [0.4, 0.5) is 5.69 Å². The predicted octanol–water partition coefficient (Wildman–Crippen LogP) is 5.20. The molecule has 0 heterocycles. The average molecular weight is 417 g/mol. The van der Waals surface area contributed by atoms with E-state index in [4.69, 9.17) is 39.5 Å². The molecule has 4 nitrogen and oxygen atoms in total. The van der Waals surface area contributed by atoms with Crippen LogP contribution in [0, 0.1) is 29.6 Å². The summed E-state index contributed by atoms with van der Waals surface area (Å²) in [7, 11) is 0. The van der Waals surface area contributed by atoms with Crippen LogP contribution in [0.15, 0.2) is 12.1 Å². The first-order chi connectivity index (χ1) is 12.4. The van der Waals surface area contributed by atoms with Gasteiger partial charge in [0.2, 0.25) is 0 Å². The standard InChI is InChI=1S/C19H20Cl3NO3/c20-13-6-14(21)18(15(22)7-13)23-16(24)8-26-19(25)17-11-2-9-1-10(4-11)5-12(17)3-9/h6-7,9-12,17H,1-5,8H2,(H,23,24). The van der Waals surface area contributed by atoms with Crippen LogP contribution in [-0.2, 0) is 14.3 Å². The fraction of sp³-hybridized carbons (Fsp3) is 0.579. The molecule has 5 rings (SSSR count). The van der Waals surface area contributed by atoms with Crippen LogP contribution in [0.3, 0.4) is 0 Å². The maximum Gasteiger partial charge on any atom is 0.310 e. The van der Waals surface area contributed by atoms with Crippen molar-refractivity contribution in [1.29, 1.82) is 0 Å². The normalized spacial score (nSPS) is 31.7. The number of halogens is 3. The van der Waals surface area contributed by atoms with Gasteiger partial charge in [-0.15, -0.1) is 0 Å². The molecule has 0 radical (unpaired) electrons. The van der Waals surface area contributed by atoms with E-state index in [2.05, 4.69) is 5.32 Å². The van der Waals surface area contributed by atoms with E-state index in [1.54, 1.807) is 0 Å². The molecule has 4 aliphatic rings. The zero-order valence-corrected chi connectivity index (χ0v) is 16.4. The smallest absolute Gasteiger partial charge is 0.310 e. The van der Waals surface area contributed by atoms with E-state index < -0.39 is 5.91 Å². The van der Waals surface area contributed by atoms with Gasteiger partial charge in [-0.3, -0.25) is 9.59 Å². The molecule has 0 spiro atoms. The number of carbonyl (C=O) groups is 2. The third kappa shape index (κ3) is 3.56. The quantitative estimate of drug-likeness (QED) is 0.686. The lowest BCUT2D eigenvalue weighted by atomic mass is 9.52. The monoisotopic (exact) mass is 415 g/mol. The largest absolute Gasteiger partial charge is 0.455 e. The highest BCUT2D eigenvalue weighted by molar-refractivity contribution is 6.42. The predicted molar refractivity (Wildman–Crippen MR) is 102 cm³/mol. The summed E-state index contributed by atoms with van der Waals surface area (Å²) in [6, 6.07) is 2.98. The van der Waals surface area contributed by atoms with Gasteiger partial charge in [0, 0.05) is 5.02 Å². The highest BCUT2D eigenvalue weighted by Gasteiger charge is 2.51. The van der Waals surface area contributed by atoms with Gasteiger partial charge in [-0.2, -0.15) is 0 Å². The first kappa shape index (κ1) is 18.4. The number of nitrogens with one attached hydrogen (secondary N) is 1. The summed E-state index contributed by atoms with van der Waals surface area (Å²) in [6.07, 6.45) is 5.87. The molecule has 0 atom stereocenters. The van der Waals surface area contributed by atoms with Crippen LogP contribution in [0.25, 0.3) is 0 Å². The lowest BCUT2D eigenvalue weighted by Crippen LogP contribution is -2.48. The summed E-state index contributed by atoms with van der Waals surface area (Å²) < 4.78 is 5.34. The topological polar surface area (TPSA) is 55.4 Å². The lowest BCUT2D eigenvalue weighted by Gasteiger charge is -2.53. The molecule has 1 aromatic carbocycles. The third-order valence-electron chi connectivity index (χ3n) is 6.12. The summed E-state index contributed by atoms with van der Waals surface area (Å²) >= 11 is 18.0. The first-order valence-corrected chi connectivity index (χ1v) is 10.1. The van der Waals surface area contributed by atoms with Crippen molar-refractivity contribution in [2.24, 2.45) is 29.6 Å². The lowest BCUT2D eigenvalue weighted by molar-refractivity contribution is -0.164. The Hall–Kier alpha value is -0.970. The molecule has 7 heteroatoms. The molecular formula is C19H20Cl3NO3. The van der Waals surface area contributed by atoms with E-state index >= 15 is 0 Å². The van der Waals surface area contributed by atoms with Crippen molar-refractivity contribution < 1.29 is 14.3 Å². The molecule has 1 aromatic rings. The summed E-state index contributed by atoms with van der Waals surface area (Å²) in [6.45, 7) is -0.336. The molecule has 0 aliphatic heterocycles. The average Bonchev–Trinajstić information content (AvgIpc) is 2.55. The second-order valence-corrected chi connectivity index (χ2v) is 9.11. The van der Waals surface area contributed by atoms with Crippen molar-refractivity contribution in [2.75, 3.05) is 11.9 Å². The molecule has 140 valence electrons. The number of anilines is 1. The summed E-state index contributed by atoms with van der Waals surface area (Å²) in [5.74, 6) is 1.70. The Morgan fingerprint density at radius 3 is 2.04 bits per heavy atom. The van der Waals surface area contributed by atoms with Crippen LogP contribution in [0.2, 0.25) is 15.1 Å². The maximum absolute atomic E-state index is 12.6. The minimum absolute atomic E-state index is 0.0432. The van der Waals surface area contributed by atoms with Crippen LogP contribution in [-0.4, -0.2) is 18.5 Å². The van der Waals surface area contributed by atoms with E-state index in [1.807, 2.05) is 0 Å². The molecule has 4 bridgehead atoms. The van der Waals surface area contributed by atoms with Crippen molar-refractivity contribution in [1.82, 2.24) is 0 Å². The van der Waals surface area contributed by atoms with Crippen molar-refractivity contribution in [3.05, 3.63) is 27.2 Å². The van der Waals surface area contributed by atoms with Crippen molar-refractivity contribution in [2.45, 2.75) is 32.1 Å². The van der Waals surface area contributed by atoms with E-state index in [0.717, 1.165) is 37.5 Å². The van der Waals surface area contributed by atoms with Crippen LogP contribution < -0.4 is 5.32 Å². The van der Waals surface area contributed by atoms with Crippen LogP contribution in [0.1, 0.15) is 32.1 Å². The maximum atomic E-state index is 12.6. The molecule has 4 aliphatic carbocycles. The number of ether oxygens (including phenoxy) is 1. The van der Waals surface area contributed by atoms with E-state index in [9.17, 15) is 9.59 Å². The van der Waals surface area contributed by atoms with Gasteiger partial charge in [0.05, 0.1) is 21.7 Å². The third-order valence-corrected chi connectivity index (χ3v) is 6.93. The highest BCUT2D eigenvalue weighted by atomic mass is 35.5. The van der Waals surface area contributed by atoms with Gasteiger partial charge < -0.3 is 10.1 Å². The van der Waals surface area contributed by atoms with Crippen LogP contribution >= 0.6 is 34.8 Å². The Balaban J connectivity index is 1.34. The van der Waals surface area contributed by atoms with E-state index in [-0.39, 0.29) is 34.2 Å². The fourth-order valence-electron chi connectivity index (χ4n) is 5.38. The molecule has 0 unspecified atom stereocenters. The van der Waals surface area contributed by atoms with Gasteiger partial charge in [-0.25, -0.2) is 0 Å². The number of hydrogen-bond acceptors (Lipinski definition) is 3. The van der Waals surface area contributed by atoms with Crippen molar-refractivity contribution >= 4 is 52.4 Å².